The zero-order valence-electron chi connectivity index (χ0n) is 13.6. The second-order valence-electron chi connectivity index (χ2n) is 5.63. The molecule has 0 heterocycles. The molecule has 3 aromatic carbocycles. The first-order chi connectivity index (χ1) is 12.8. The van der Waals surface area contributed by atoms with Crippen LogP contribution >= 0.6 is 0 Å². The lowest BCUT2D eigenvalue weighted by atomic mass is 9.99. The van der Waals surface area contributed by atoms with Crippen LogP contribution in [0.15, 0.2) is 71.7 Å². The highest BCUT2D eigenvalue weighted by Gasteiger charge is 2.34. The van der Waals surface area contributed by atoms with Crippen molar-refractivity contribution >= 4 is 11.6 Å². The van der Waals surface area contributed by atoms with Gasteiger partial charge < -0.3 is 5.11 Å². The lowest BCUT2D eigenvalue weighted by Crippen LogP contribution is -2.19. The van der Waals surface area contributed by atoms with Gasteiger partial charge in [0.1, 0.15) is 11.6 Å². The van der Waals surface area contributed by atoms with E-state index in [2.05, 4.69) is 4.99 Å². The highest BCUT2D eigenvalue weighted by atomic mass is 19.4. The third-order valence-corrected chi connectivity index (χ3v) is 3.80. The molecule has 0 aliphatic rings. The normalized spacial score (nSPS) is 12.3. The van der Waals surface area contributed by atoms with E-state index in [-0.39, 0.29) is 22.4 Å². The third-order valence-electron chi connectivity index (χ3n) is 3.80. The minimum atomic E-state index is -4.72. The van der Waals surface area contributed by atoms with Crippen molar-refractivity contribution in [2.24, 2.45) is 4.99 Å². The topological polar surface area (TPSA) is 35.4 Å². The Morgan fingerprint density at radius 1 is 0.852 bits per heavy atom. The molecular formula is C20H11F5NO-. The predicted octanol–water partition coefficient (Wildman–Crippen LogP) is 5.09. The van der Waals surface area contributed by atoms with Crippen molar-refractivity contribution in [3.63, 3.8) is 0 Å². The fourth-order valence-electron chi connectivity index (χ4n) is 2.53. The van der Waals surface area contributed by atoms with E-state index in [9.17, 15) is 27.1 Å². The Balaban J connectivity index is 1.95. The molecule has 138 valence electrons. The molecule has 27 heavy (non-hydrogen) atoms. The van der Waals surface area contributed by atoms with Gasteiger partial charge in [-0.25, -0.2) is 8.78 Å². The van der Waals surface area contributed by atoms with Crippen LogP contribution in [0.2, 0.25) is 0 Å². The standard InChI is InChI=1S/C20H12F5NO/c21-13-7-10-15(17(11-13)20(23,24)25)12-5-8-14(9-6-12)26-19(27)16-3-1-2-4-18(16)22/h1-11H,(H,26,27)/p-1. The number of halogens is 5. The maximum absolute atomic E-state index is 13.6. The molecular weight excluding hydrogens is 365 g/mol. The van der Waals surface area contributed by atoms with Gasteiger partial charge in [-0.3, -0.25) is 4.99 Å². The van der Waals surface area contributed by atoms with Crippen LogP contribution < -0.4 is 5.11 Å². The lowest BCUT2D eigenvalue weighted by Gasteiger charge is -2.14. The number of benzene rings is 3. The van der Waals surface area contributed by atoms with Gasteiger partial charge in [0.25, 0.3) is 0 Å². The molecule has 0 atom stereocenters. The van der Waals surface area contributed by atoms with Crippen LogP contribution in [-0.4, -0.2) is 5.90 Å². The second kappa shape index (κ2) is 7.19. The smallest absolute Gasteiger partial charge is 0.417 e. The van der Waals surface area contributed by atoms with E-state index >= 15 is 0 Å². The van der Waals surface area contributed by atoms with Gasteiger partial charge in [-0.2, -0.15) is 13.2 Å². The number of alkyl halides is 3. The summed E-state index contributed by atoms with van der Waals surface area (Å²) in [5.74, 6) is -2.52. The number of rotatable bonds is 3. The number of hydrogen-bond donors (Lipinski definition) is 0. The third kappa shape index (κ3) is 4.13. The summed E-state index contributed by atoms with van der Waals surface area (Å²) in [7, 11) is 0. The fourth-order valence-corrected chi connectivity index (χ4v) is 2.53. The van der Waals surface area contributed by atoms with Crippen molar-refractivity contribution in [3.05, 3.63) is 89.5 Å². The van der Waals surface area contributed by atoms with Crippen LogP contribution in [0.1, 0.15) is 11.1 Å². The summed E-state index contributed by atoms with van der Waals surface area (Å²) in [6.07, 6.45) is -4.72. The molecule has 0 amide bonds. The molecule has 0 fully saturated rings. The van der Waals surface area contributed by atoms with E-state index in [0.717, 1.165) is 18.2 Å². The van der Waals surface area contributed by atoms with Gasteiger partial charge in [0.05, 0.1) is 11.3 Å². The van der Waals surface area contributed by atoms with E-state index < -0.39 is 29.3 Å². The Morgan fingerprint density at radius 2 is 1.52 bits per heavy atom. The minimum absolute atomic E-state index is 0.155. The van der Waals surface area contributed by atoms with Gasteiger partial charge >= 0.3 is 6.18 Å². The SMILES string of the molecule is [O-]C(=Nc1ccc(-c2ccc(F)cc2C(F)(F)F)cc1)c1ccccc1F. The monoisotopic (exact) mass is 376 g/mol. The molecule has 0 spiro atoms. The van der Waals surface area contributed by atoms with Gasteiger partial charge in [-0.15, -0.1) is 0 Å². The Hall–Kier alpha value is -3.22. The summed E-state index contributed by atoms with van der Waals surface area (Å²) >= 11 is 0. The molecule has 0 unspecified atom stereocenters. The highest BCUT2D eigenvalue weighted by Crippen LogP contribution is 2.37. The molecule has 0 bridgehead atoms. The van der Waals surface area contributed by atoms with Crippen molar-refractivity contribution < 1.29 is 27.1 Å². The van der Waals surface area contributed by atoms with Crippen molar-refractivity contribution in [2.45, 2.75) is 6.18 Å². The highest BCUT2D eigenvalue weighted by molar-refractivity contribution is 5.92. The largest absolute Gasteiger partial charge is 0.858 e. The molecule has 0 saturated heterocycles. The molecule has 2 nitrogen and oxygen atoms in total. The molecule has 0 aromatic heterocycles. The Bertz CT molecular complexity index is 994. The first kappa shape index (κ1) is 18.6. The van der Waals surface area contributed by atoms with Gasteiger partial charge in [0, 0.05) is 5.56 Å². The lowest BCUT2D eigenvalue weighted by molar-refractivity contribution is -0.212. The van der Waals surface area contributed by atoms with Crippen LogP contribution in [0.25, 0.3) is 11.1 Å². The summed E-state index contributed by atoms with van der Waals surface area (Å²) in [6, 6.07) is 13.0. The molecule has 7 heteroatoms. The van der Waals surface area contributed by atoms with Gasteiger partial charge in [-0.1, -0.05) is 36.4 Å². The Labute approximate surface area is 151 Å². The van der Waals surface area contributed by atoms with Crippen molar-refractivity contribution in [1.29, 1.82) is 0 Å². The van der Waals surface area contributed by atoms with Crippen LogP contribution in [0.4, 0.5) is 27.6 Å². The average molecular weight is 376 g/mol. The summed E-state index contributed by atoms with van der Waals surface area (Å²) in [5.41, 5.74) is -1.17. The van der Waals surface area contributed by atoms with E-state index in [1.165, 1.54) is 42.5 Å². The molecule has 0 radical (unpaired) electrons. The summed E-state index contributed by atoms with van der Waals surface area (Å²) in [5, 5.41) is 12.0. The fraction of sp³-hybridized carbons (Fsp3) is 0.0500. The molecule has 3 aromatic rings. The molecule has 0 N–H and O–H groups in total. The average Bonchev–Trinajstić information content (AvgIpc) is 2.62. The number of nitrogens with zero attached hydrogens (tertiary/aromatic N) is 1. The zero-order valence-corrected chi connectivity index (χ0v) is 13.6. The van der Waals surface area contributed by atoms with E-state index in [0.29, 0.717) is 6.07 Å². The summed E-state index contributed by atoms with van der Waals surface area (Å²) < 4.78 is 66.2. The van der Waals surface area contributed by atoms with Crippen LogP contribution in [0, 0.1) is 11.6 Å². The van der Waals surface area contributed by atoms with E-state index in [1.807, 2.05) is 0 Å². The first-order valence-corrected chi connectivity index (χ1v) is 7.73. The second-order valence-corrected chi connectivity index (χ2v) is 5.63. The van der Waals surface area contributed by atoms with Crippen LogP contribution in [0.5, 0.6) is 0 Å². The molecule has 0 aliphatic carbocycles. The van der Waals surface area contributed by atoms with Crippen LogP contribution in [-0.2, 0) is 6.18 Å². The maximum Gasteiger partial charge on any atom is 0.417 e. The minimum Gasteiger partial charge on any atom is -0.858 e. The quantitative estimate of drug-likeness (QED) is 0.356. The summed E-state index contributed by atoms with van der Waals surface area (Å²) in [6.45, 7) is 0. The van der Waals surface area contributed by atoms with Crippen molar-refractivity contribution in [3.8, 4) is 11.1 Å². The van der Waals surface area contributed by atoms with E-state index in [4.69, 9.17) is 0 Å². The van der Waals surface area contributed by atoms with Crippen molar-refractivity contribution in [2.75, 3.05) is 0 Å². The van der Waals surface area contributed by atoms with Crippen LogP contribution in [0.3, 0.4) is 0 Å². The summed E-state index contributed by atoms with van der Waals surface area (Å²) in [4.78, 5) is 3.75. The van der Waals surface area contributed by atoms with E-state index in [1.54, 1.807) is 0 Å². The van der Waals surface area contributed by atoms with Crippen molar-refractivity contribution in [1.82, 2.24) is 0 Å². The van der Waals surface area contributed by atoms with Gasteiger partial charge in [0.15, 0.2) is 0 Å². The molecule has 0 saturated carbocycles. The van der Waals surface area contributed by atoms with Gasteiger partial charge in [0.2, 0.25) is 0 Å². The zero-order chi connectivity index (χ0) is 19.6. The van der Waals surface area contributed by atoms with Gasteiger partial charge in [-0.05, 0) is 47.4 Å². The Kier molecular flexibility index (Phi) is 4.94. The number of aliphatic imine (C=N–C) groups is 1. The molecule has 0 aliphatic heterocycles. The maximum atomic E-state index is 13.6. The Morgan fingerprint density at radius 3 is 2.15 bits per heavy atom. The predicted molar refractivity (Wildman–Crippen MR) is 89.4 cm³/mol. The molecule has 3 rings (SSSR count). The first-order valence-electron chi connectivity index (χ1n) is 7.73. The number of hydrogen-bond acceptors (Lipinski definition) is 2.